The predicted octanol–water partition coefficient (Wildman–Crippen LogP) is 1.87. The monoisotopic (exact) mass is 247 g/mol. The zero-order valence-electron chi connectivity index (χ0n) is 11.3. The summed E-state index contributed by atoms with van der Waals surface area (Å²) in [5, 5.41) is 7.61. The van der Waals surface area contributed by atoms with Crippen LogP contribution in [0.4, 0.5) is 5.95 Å². The fraction of sp³-hybridized carbons (Fsp3) is 0.538. The Hall–Kier alpha value is -1.62. The van der Waals surface area contributed by atoms with Crippen LogP contribution in [0.25, 0.3) is 5.65 Å². The molecular formula is C13H21N5. The number of fused-ring (bicyclic) bond motifs is 1. The maximum absolute atomic E-state index is 4.40. The number of hydrogen-bond donors (Lipinski definition) is 1. The van der Waals surface area contributed by atoms with E-state index < -0.39 is 0 Å². The van der Waals surface area contributed by atoms with E-state index in [0.29, 0.717) is 12.0 Å². The van der Waals surface area contributed by atoms with Crippen LogP contribution in [0.2, 0.25) is 0 Å². The van der Waals surface area contributed by atoms with Crippen molar-refractivity contribution in [2.24, 2.45) is 0 Å². The first-order valence-electron chi connectivity index (χ1n) is 6.46. The van der Waals surface area contributed by atoms with Crippen molar-refractivity contribution in [1.82, 2.24) is 19.5 Å². The fourth-order valence-electron chi connectivity index (χ4n) is 1.78. The number of rotatable bonds is 6. The second-order valence-electron chi connectivity index (χ2n) is 4.60. The number of hydrogen-bond acceptors (Lipinski definition) is 4. The van der Waals surface area contributed by atoms with Crippen molar-refractivity contribution in [2.45, 2.75) is 26.3 Å². The second-order valence-corrected chi connectivity index (χ2v) is 4.60. The highest BCUT2D eigenvalue weighted by molar-refractivity contribution is 5.42. The number of aromatic nitrogens is 3. The molecule has 1 unspecified atom stereocenters. The standard InChI is InChI=1S/C13H21N5/c1-4-11(2)17(3)10-8-14-13-15-12-7-5-6-9-18(12)16-13/h5-7,9,11H,4,8,10H2,1-3H3,(H,14,16). The third-order valence-electron chi connectivity index (χ3n) is 3.33. The Bertz CT molecular complexity index is 460. The highest BCUT2D eigenvalue weighted by atomic mass is 15.3. The molecule has 0 saturated heterocycles. The summed E-state index contributed by atoms with van der Waals surface area (Å²) in [6.07, 6.45) is 3.07. The van der Waals surface area contributed by atoms with Gasteiger partial charge in [0.2, 0.25) is 5.95 Å². The van der Waals surface area contributed by atoms with E-state index in [2.05, 4.69) is 41.2 Å². The molecular weight excluding hydrogens is 226 g/mol. The van der Waals surface area contributed by atoms with Crippen LogP contribution >= 0.6 is 0 Å². The summed E-state index contributed by atoms with van der Waals surface area (Å²) in [5.41, 5.74) is 0.871. The van der Waals surface area contributed by atoms with Crippen molar-refractivity contribution < 1.29 is 0 Å². The Labute approximate surface area is 108 Å². The van der Waals surface area contributed by atoms with Crippen LogP contribution in [0, 0.1) is 0 Å². The lowest BCUT2D eigenvalue weighted by Crippen LogP contribution is -2.32. The second kappa shape index (κ2) is 5.82. The Morgan fingerprint density at radius 3 is 3.00 bits per heavy atom. The minimum absolute atomic E-state index is 0.612. The van der Waals surface area contributed by atoms with Gasteiger partial charge in [-0.3, -0.25) is 0 Å². The smallest absolute Gasteiger partial charge is 0.243 e. The lowest BCUT2D eigenvalue weighted by Gasteiger charge is -2.23. The molecule has 0 aliphatic heterocycles. The van der Waals surface area contributed by atoms with Gasteiger partial charge in [0.25, 0.3) is 0 Å². The van der Waals surface area contributed by atoms with Crippen LogP contribution in [0.5, 0.6) is 0 Å². The molecule has 0 amide bonds. The first kappa shape index (κ1) is 12.8. The largest absolute Gasteiger partial charge is 0.352 e. The van der Waals surface area contributed by atoms with Gasteiger partial charge in [0, 0.05) is 25.3 Å². The number of likely N-dealkylation sites (N-methyl/N-ethyl adjacent to an activating group) is 1. The predicted molar refractivity (Wildman–Crippen MR) is 73.9 cm³/mol. The van der Waals surface area contributed by atoms with E-state index in [1.54, 1.807) is 4.52 Å². The molecule has 0 aromatic carbocycles. The van der Waals surface area contributed by atoms with Crippen LogP contribution in [-0.2, 0) is 0 Å². The molecule has 5 nitrogen and oxygen atoms in total. The molecule has 5 heteroatoms. The number of nitrogens with zero attached hydrogens (tertiary/aromatic N) is 4. The van der Waals surface area contributed by atoms with Gasteiger partial charge in [0.1, 0.15) is 0 Å². The van der Waals surface area contributed by atoms with Gasteiger partial charge < -0.3 is 10.2 Å². The molecule has 0 radical (unpaired) electrons. The Kier molecular flexibility index (Phi) is 4.15. The van der Waals surface area contributed by atoms with Crippen LogP contribution in [0.3, 0.4) is 0 Å². The van der Waals surface area contributed by atoms with E-state index in [9.17, 15) is 0 Å². The summed E-state index contributed by atoms with van der Waals surface area (Å²) in [5.74, 6) is 0.693. The maximum Gasteiger partial charge on any atom is 0.243 e. The van der Waals surface area contributed by atoms with Gasteiger partial charge in [0.15, 0.2) is 5.65 Å². The molecule has 0 saturated carbocycles. The molecule has 98 valence electrons. The quantitative estimate of drug-likeness (QED) is 0.846. The summed E-state index contributed by atoms with van der Waals surface area (Å²) in [6, 6.07) is 6.47. The normalized spacial score (nSPS) is 13.1. The van der Waals surface area contributed by atoms with Crippen molar-refractivity contribution in [3.8, 4) is 0 Å². The topological polar surface area (TPSA) is 45.5 Å². The SMILES string of the molecule is CCC(C)N(C)CCNc1nc2ccccn2n1. The van der Waals surface area contributed by atoms with Gasteiger partial charge in [0.05, 0.1) is 0 Å². The molecule has 0 bridgehead atoms. The molecule has 2 aromatic rings. The van der Waals surface area contributed by atoms with Crippen molar-refractivity contribution in [2.75, 3.05) is 25.5 Å². The van der Waals surface area contributed by atoms with Crippen LogP contribution in [0.15, 0.2) is 24.4 Å². The highest BCUT2D eigenvalue weighted by Gasteiger charge is 2.06. The molecule has 2 heterocycles. The van der Waals surface area contributed by atoms with Gasteiger partial charge in [-0.1, -0.05) is 13.0 Å². The third-order valence-corrected chi connectivity index (χ3v) is 3.33. The van der Waals surface area contributed by atoms with Crippen molar-refractivity contribution in [1.29, 1.82) is 0 Å². The zero-order chi connectivity index (χ0) is 13.0. The van der Waals surface area contributed by atoms with E-state index in [-0.39, 0.29) is 0 Å². The first-order valence-corrected chi connectivity index (χ1v) is 6.46. The van der Waals surface area contributed by atoms with Gasteiger partial charge in [-0.25, -0.2) is 4.52 Å². The van der Waals surface area contributed by atoms with E-state index >= 15 is 0 Å². The van der Waals surface area contributed by atoms with Crippen molar-refractivity contribution in [3.63, 3.8) is 0 Å². The molecule has 2 aromatic heterocycles. The summed E-state index contributed by atoms with van der Waals surface area (Å²) < 4.78 is 1.78. The average molecular weight is 247 g/mol. The molecule has 0 spiro atoms. The lowest BCUT2D eigenvalue weighted by atomic mass is 10.2. The first-order chi connectivity index (χ1) is 8.70. The maximum atomic E-state index is 4.40. The van der Waals surface area contributed by atoms with Crippen molar-refractivity contribution >= 4 is 11.6 Å². The lowest BCUT2D eigenvalue weighted by molar-refractivity contribution is 0.261. The van der Waals surface area contributed by atoms with Crippen molar-refractivity contribution in [3.05, 3.63) is 24.4 Å². The summed E-state index contributed by atoms with van der Waals surface area (Å²) in [6.45, 7) is 6.30. The molecule has 0 fully saturated rings. The molecule has 0 aliphatic carbocycles. The molecule has 18 heavy (non-hydrogen) atoms. The number of nitrogens with one attached hydrogen (secondary N) is 1. The van der Waals surface area contributed by atoms with E-state index in [0.717, 1.165) is 18.7 Å². The Morgan fingerprint density at radius 2 is 2.28 bits per heavy atom. The molecule has 0 aliphatic rings. The fourth-order valence-corrected chi connectivity index (χ4v) is 1.78. The average Bonchev–Trinajstić information content (AvgIpc) is 2.80. The minimum atomic E-state index is 0.612. The van der Waals surface area contributed by atoms with Gasteiger partial charge in [-0.05, 0) is 32.5 Å². The number of anilines is 1. The molecule has 1 atom stereocenters. The van der Waals surface area contributed by atoms with E-state index in [1.165, 1.54) is 6.42 Å². The zero-order valence-corrected chi connectivity index (χ0v) is 11.3. The van der Waals surface area contributed by atoms with Gasteiger partial charge >= 0.3 is 0 Å². The minimum Gasteiger partial charge on any atom is -0.352 e. The highest BCUT2D eigenvalue weighted by Crippen LogP contribution is 2.04. The Balaban J connectivity index is 1.87. The number of pyridine rings is 1. The van der Waals surface area contributed by atoms with Gasteiger partial charge in [-0.15, -0.1) is 5.10 Å². The van der Waals surface area contributed by atoms with Gasteiger partial charge in [-0.2, -0.15) is 4.98 Å². The van der Waals surface area contributed by atoms with E-state index in [1.807, 2.05) is 24.4 Å². The molecule has 2 rings (SSSR count). The summed E-state index contributed by atoms with van der Waals surface area (Å²) >= 11 is 0. The third kappa shape index (κ3) is 2.98. The van der Waals surface area contributed by atoms with Crippen LogP contribution in [-0.4, -0.2) is 45.7 Å². The van der Waals surface area contributed by atoms with Crippen LogP contribution < -0.4 is 5.32 Å². The summed E-state index contributed by atoms with van der Waals surface area (Å²) in [7, 11) is 2.15. The summed E-state index contributed by atoms with van der Waals surface area (Å²) in [4.78, 5) is 6.73. The van der Waals surface area contributed by atoms with Crippen LogP contribution in [0.1, 0.15) is 20.3 Å². The van der Waals surface area contributed by atoms with E-state index in [4.69, 9.17) is 0 Å². The molecule has 1 N–H and O–H groups in total. The Morgan fingerprint density at radius 1 is 1.44 bits per heavy atom.